The van der Waals surface area contributed by atoms with E-state index in [0.29, 0.717) is 22.1 Å². The van der Waals surface area contributed by atoms with Gasteiger partial charge in [0.2, 0.25) is 0 Å². The summed E-state index contributed by atoms with van der Waals surface area (Å²) in [7, 11) is -0.785. The van der Waals surface area contributed by atoms with E-state index in [1.165, 1.54) is 42.7 Å². The summed E-state index contributed by atoms with van der Waals surface area (Å²) in [5.74, 6) is 0.651. The third kappa shape index (κ3) is 4.62. The standard InChI is InChI=1S/C23H21N3O5S2/c1-14-8-10-15(11-9-14)33(28,29)26-17-7-5-4-6-16(17)22(27)25-23-24-20-18(30-2)12-13-19(31-3)21(20)32-23/h4-13,26H,1-3H3,(H,24,25,27). The van der Waals surface area contributed by atoms with Gasteiger partial charge in [-0.15, -0.1) is 0 Å². The number of aryl methyl sites for hydroxylation is 1. The van der Waals surface area contributed by atoms with Crippen molar-refractivity contribution < 1.29 is 22.7 Å². The normalized spacial score (nSPS) is 11.2. The number of sulfonamides is 1. The molecule has 0 bridgehead atoms. The number of amides is 1. The van der Waals surface area contributed by atoms with Gasteiger partial charge >= 0.3 is 0 Å². The number of anilines is 2. The Kier molecular flexibility index (Phi) is 6.21. The number of para-hydroxylation sites is 1. The number of methoxy groups -OCH3 is 2. The number of fused-ring (bicyclic) bond motifs is 1. The Morgan fingerprint density at radius 2 is 1.61 bits per heavy atom. The average Bonchev–Trinajstić information content (AvgIpc) is 3.22. The highest BCUT2D eigenvalue weighted by Crippen LogP contribution is 2.39. The van der Waals surface area contributed by atoms with Crippen LogP contribution in [0.4, 0.5) is 10.8 Å². The van der Waals surface area contributed by atoms with Gasteiger partial charge in [0.05, 0.1) is 30.4 Å². The van der Waals surface area contributed by atoms with Gasteiger partial charge < -0.3 is 9.47 Å². The van der Waals surface area contributed by atoms with E-state index >= 15 is 0 Å². The maximum Gasteiger partial charge on any atom is 0.261 e. The molecule has 0 fully saturated rings. The van der Waals surface area contributed by atoms with Gasteiger partial charge in [-0.25, -0.2) is 13.4 Å². The van der Waals surface area contributed by atoms with Crippen LogP contribution in [0.15, 0.2) is 65.6 Å². The first-order valence-corrected chi connectivity index (χ1v) is 12.1. The fourth-order valence-electron chi connectivity index (χ4n) is 3.19. The minimum Gasteiger partial charge on any atom is -0.495 e. The van der Waals surface area contributed by atoms with Gasteiger partial charge in [0.1, 0.15) is 21.7 Å². The molecule has 170 valence electrons. The smallest absolute Gasteiger partial charge is 0.261 e. The number of hydrogen-bond donors (Lipinski definition) is 2. The van der Waals surface area contributed by atoms with Gasteiger partial charge in [-0.05, 0) is 43.3 Å². The van der Waals surface area contributed by atoms with E-state index in [1.54, 1.807) is 43.5 Å². The number of nitrogens with one attached hydrogen (secondary N) is 2. The monoisotopic (exact) mass is 483 g/mol. The number of nitrogens with zero attached hydrogens (tertiary/aromatic N) is 1. The van der Waals surface area contributed by atoms with Crippen LogP contribution >= 0.6 is 11.3 Å². The maximum absolute atomic E-state index is 13.0. The zero-order chi connectivity index (χ0) is 23.6. The van der Waals surface area contributed by atoms with Crippen molar-refractivity contribution in [3.63, 3.8) is 0 Å². The highest BCUT2D eigenvalue weighted by molar-refractivity contribution is 7.92. The van der Waals surface area contributed by atoms with Crippen LogP contribution in [0.3, 0.4) is 0 Å². The van der Waals surface area contributed by atoms with Crippen LogP contribution in [0, 0.1) is 6.92 Å². The summed E-state index contributed by atoms with van der Waals surface area (Å²) in [5, 5.41) is 3.07. The third-order valence-corrected chi connectivity index (χ3v) is 7.24. The van der Waals surface area contributed by atoms with Crippen LogP contribution in [0.5, 0.6) is 11.5 Å². The quantitative estimate of drug-likeness (QED) is 0.395. The molecular formula is C23H21N3O5S2. The van der Waals surface area contributed by atoms with Gasteiger partial charge in [-0.3, -0.25) is 14.8 Å². The van der Waals surface area contributed by atoms with Crippen LogP contribution in [-0.4, -0.2) is 33.5 Å². The Morgan fingerprint density at radius 3 is 2.30 bits per heavy atom. The molecule has 4 rings (SSSR count). The van der Waals surface area contributed by atoms with Crippen molar-refractivity contribution in [1.82, 2.24) is 4.98 Å². The predicted molar refractivity (Wildman–Crippen MR) is 129 cm³/mol. The molecule has 0 unspecified atom stereocenters. The maximum atomic E-state index is 13.0. The Balaban J connectivity index is 1.63. The molecule has 4 aromatic rings. The van der Waals surface area contributed by atoms with Crippen LogP contribution in [0.1, 0.15) is 15.9 Å². The molecule has 0 atom stereocenters. The molecule has 1 aromatic heterocycles. The first-order valence-electron chi connectivity index (χ1n) is 9.84. The highest BCUT2D eigenvalue weighted by Gasteiger charge is 2.20. The summed E-state index contributed by atoms with van der Waals surface area (Å²) in [6.45, 7) is 1.87. The van der Waals surface area contributed by atoms with Crippen LogP contribution < -0.4 is 19.5 Å². The van der Waals surface area contributed by atoms with Gasteiger partial charge in [0.15, 0.2) is 5.13 Å². The number of ether oxygens (including phenoxy) is 2. The molecular weight excluding hydrogens is 462 g/mol. The lowest BCUT2D eigenvalue weighted by molar-refractivity contribution is 0.102. The minimum absolute atomic E-state index is 0.105. The van der Waals surface area contributed by atoms with Gasteiger partial charge in [0.25, 0.3) is 15.9 Å². The second-order valence-corrected chi connectivity index (χ2v) is 9.77. The first kappa shape index (κ1) is 22.6. The number of aromatic nitrogens is 1. The lowest BCUT2D eigenvalue weighted by Gasteiger charge is -2.12. The molecule has 0 aliphatic heterocycles. The zero-order valence-electron chi connectivity index (χ0n) is 18.1. The fraction of sp³-hybridized carbons (Fsp3) is 0.130. The van der Waals surface area contributed by atoms with Crippen LogP contribution in [-0.2, 0) is 10.0 Å². The average molecular weight is 484 g/mol. The Morgan fingerprint density at radius 1 is 0.939 bits per heavy atom. The number of thiazole rings is 1. The molecule has 33 heavy (non-hydrogen) atoms. The third-order valence-electron chi connectivity index (χ3n) is 4.88. The van der Waals surface area contributed by atoms with Gasteiger partial charge in [-0.1, -0.05) is 41.2 Å². The fourth-order valence-corrected chi connectivity index (χ4v) is 5.24. The summed E-state index contributed by atoms with van der Waals surface area (Å²) in [4.78, 5) is 17.6. The van der Waals surface area contributed by atoms with Crippen molar-refractivity contribution in [1.29, 1.82) is 0 Å². The number of carbonyl (C=O) groups is 1. The number of benzene rings is 3. The highest BCUT2D eigenvalue weighted by atomic mass is 32.2. The Labute approximate surface area is 195 Å². The van der Waals surface area contributed by atoms with E-state index in [9.17, 15) is 13.2 Å². The predicted octanol–water partition coefficient (Wildman–Crippen LogP) is 4.68. The molecule has 2 N–H and O–H groups in total. The zero-order valence-corrected chi connectivity index (χ0v) is 19.7. The van der Waals surface area contributed by atoms with Crippen LogP contribution in [0.2, 0.25) is 0 Å². The molecule has 0 saturated carbocycles. The Hall–Kier alpha value is -3.63. The van der Waals surface area contributed by atoms with E-state index in [-0.39, 0.29) is 16.1 Å². The van der Waals surface area contributed by atoms with Gasteiger partial charge in [0, 0.05) is 0 Å². The van der Waals surface area contributed by atoms with E-state index in [4.69, 9.17) is 9.47 Å². The second-order valence-electron chi connectivity index (χ2n) is 7.09. The van der Waals surface area contributed by atoms with Crippen molar-refractivity contribution in [3.05, 3.63) is 71.8 Å². The van der Waals surface area contributed by atoms with Crippen molar-refractivity contribution >= 4 is 48.3 Å². The summed E-state index contributed by atoms with van der Waals surface area (Å²) >= 11 is 1.23. The van der Waals surface area contributed by atoms with E-state index < -0.39 is 15.9 Å². The lowest BCUT2D eigenvalue weighted by Crippen LogP contribution is -2.18. The molecule has 1 heterocycles. The minimum atomic E-state index is -3.87. The largest absolute Gasteiger partial charge is 0.495 e. The van der Waals surface area contributed by atoms with E-state index in [1.807, 2.05) is 6.92 Å². The molecule has 0 aliphatic rings. The number of carbonyl (C=O) groups excluding carboxylic acids is 1. The SMILES string of the molecule is COc1ccc(OC)c2sc(NC(=O)c3ccccc3NS(=O)(=O)c3ccc(C)cc3)nc12. The lowest BCUT2D eigenvalue weighted by atomic mass is 10.2. The number of hydrogen-bond acceptors (Lipinski definition) is 7. The summed E-state index contributed by atoms with van der Waals surface area (Å²) in [5.41, 5.74) is 1.82. The Bertz CT molecular complexity index is 1390. The molecule has 0 aliphatic carbocycles. The number of rotatable bonds is 7. The summed E-state index contributed by atoms with van der Waals surface area (Å²) in [6, 6.07) is 16.3. The molecule has 8 nitrogen and oxygen atoms in total. The first-order chi connectivity index (χ1) is 15.8. The topological polar surface area (TPSA) is 107 Å². The molecule has 10 heteroatoms. The van der Waals surface area contributed by atoms with Gasteiger partial charge in [-0.2, -0.15) is 0 Å². The van der Waals surface area contributed by atoms with E-state index in [2.05, 4.69) is 15.0 Å². The van der Waals surface area contributed by atoms with Crippen molar-refractivity contribution in [2.45, 2.75) is 11.8 Å². The van der Waals surface area contributed by atoms with E-state index in [0.717, 1.165) is 10.3 Å². The van der Waals surface area contributed by atoms with Crippen molar-refractivity contribution in [2.24, 2.45) is 0 Å². The summed E-state index contributed by atoms with van der Waals surface area (Å²) in [6.07, 6.45) is 0. The molecule has 3 aromatic carbocycles. The molecule has 0 radical (unpaired) electrons. The summed E-state index contributed by atoms with van der Waals surface area (Å²) < 4.78 is 39.6. The molecule has 0 spiro atoms. The van der Waals surface area contributed by atoms with Crippen LogP contribution in [0.25, 0.3) is 10.2 Å². The second kappa shape index (κ2) is 9.08. The van der Waals surface area contributed by atoms with Crippen molar-refractivity contribution in [2.75, 3.05) is 24.3 Å². The molecule has 0 saturated heterocycles. The molecule has 1 amide bonds. The van der Waals surface area contributed by atoms with Crippen molar-refractivity contribution in [3.8, 4) is 11.5 Å².